The van der Waals surface area contributed by atoms with Crippen LogP contribution in [0.1, 0.15) is 6.42 Å². The van der Waals surface area contributed by atoms with Crippen LogP contribution in [-0.4, -0.2) is 67.1 Å². The molecule has 2 aliphatic heterocycles. The van der Waals surface area contributed by atoms with E-state index in [0.717, 1.165) is 54.8 Å². The molecule has 0 spiro atoms. The Labute approximate surface area is 152 Å². The normalized spacial score (nSPS) is 24.7. The molecule has 3 rings (SSSR count). The topological polar surface area (TPSA) is 53.6 Å². The molecule has 24 heavy (non-hydrogen) atoms. The van der Waals surface area contributed by atoms with Gasteiger partial charge in [-0.2, -0.15) is 11.8 Å². The zero-order valence-corrected chi connectivity index (χ0v) is 15.7. The number of anilines is 1. The van der Waals surface area contributed by atoms with Crippen LogP contribution < -0.4 is 10.6 Å². The Bertz CT molecular complexity index is 559. The van der Waals surface area contributed by atoms with Gasteiger partial charge in [0.2, 0.25) is 0 Å². The van der Waals surface area contributed by atoms with Crippen LogP contribution in [0.2, 0.25) is 0 Å². The second-order valence-corrected chi connectivity index (χ2v) is 8.15. The lowest BCUT2D eigenvalue weighted by molar-refractivity contribution is -0.0123. The van der Waals surface area contributed by atoms with Gasteiger partial charge in [0, 0.05) is 41.5 Å². The average molecular weight is 368 g/mol. The molecule has 2 amide bonds. The highest BCUT2D eigenvalue weighted by atomic mass is 32.2. The van der Waals surface area contributed by atoms with Gasteiger partial charge >= 0.3 is 6.03 Å². The van der Waals surface area contributed by atoms with Crippen LogP contribution >= 0.6 is 23.5 Å². The summed E-state index contributed by atoms with van der Waals surface area (Å²) in [6, 6.07) is 7.79. The van der Waals surface area contributed by atoms with E-state index >= 15 is 0 Å². The first-order valence-corrected chi connectivity index (χ1v) is 10.7. The summed E-state index contributed by atoms with van der Waals surface area (Å²) in [5.41, 5.74) is 0.910. The van der Waals surface area contributed by atoms with Gasteiger partial charge in [-0.1, -0.05) is 6.07 Å². The number of thioether (sulfide) groups is 2. The van der Waals surface area contributed by atoms with E-state index in [9.17, 15) is 4.79 Å². The van der Waals surface area contributed by atoms with Crippen molar-refractivity contribution in [3.63, 3.8) is 0 Å². The molecule has 2 saturated heterocycles. The van der Waals surface area contributed by atoms with Crippen LogP contribution in [0.15, 0.2) is 29.2 Å². The van der Waals surface area contributed by atoms with E-state index < -0.39 is 0 Å². The van der Waals surface area contributed by atoms with Crippen LogP contribution in [-0.2, 0) is 4.74 Å². The minimum Gasteiger partial charge on any atom is -0.379 e. The molecule has 0 aliphatic carbocycles. The summed E-state index contributed by atoms with van der Waals surface area (Å²) in [4.78, 5) is 16.0. The minimum atomic E-state index is -0.127. The first-order valence-electron chi connectivity index (χ1n) is 8.31. The Hall–Kier alpha value is -0.890. The molecule has 7 heteroatoms. The van der Waals surface area contributed by atoms with Crippen LogP contribution in [0, 0.1) is 0 Å². The zero-order chi connectivity index (χ0) is 16.8. The van der Waals surface area contributed by atoms with Crippen LogP contribution in [0.5, 0.6) is 0 Å². The summed E-state index contributed by atoms with van der Waals surface area (Å²) >= 11 is 3.65. The summed E-state index contributed by atoms with van der Waals surface area (Å²) in [6.07, 6.45) is 3.16. The molecule has 2 heterocycles. The first kappa shape index (κ1) is 17.9. The smallest absolute Gasteiger partial charge is 0.319 e. The predicted octanol–water partition coefficient (Wildman–Crippen LogP) is 2.74. The molecular weight excluding hydrogens is 342 g/mol. The van der Waals surface area contributed by atoms with Crippen LogP contribution in [0.4, 0.5) is 10.5 Å². The lowest BCUT2D eigenvalue weighted by Gasteiger charge is -2.43. The number of hydrogen-bond donors (Lipinski definition) is 2. The number of urea groups is 1. The number of carbonyl (C=O) groups is 1. The van der Waals surface area contributed by atoms with E-state index in [1.807, 2.05) is 42.3 Å². The predicted molar refractivity (Wildman–Crippen MR) is 102 cm³/mol. The zero-order valence-electron chi connectivity index (χ0n) is 14.0. The van der Waals surface area contributed by atoms with E-state index in [1.54, 1.807) is 11.8 Å². The summed E-state index contributed by atoms with van der Waals surface area (Å²) in [6.45, 7) is 4.19. The Morgan fingerprint density at radius 1 is 1.42 bits per heavy atom. The van der Waals surface area contributed by atoms with Crippen LogP contribution in [0.3, 0.4) is 0 Å². The van der Waals surface area contributed by atoms with Gasteiger partial charge in [-0.25, -0.2) is 4.79 Å². The molecule has 1 aromatic carbocycles. The van der Waals surface area contributed by atoms with Crippen molar-refractivity contribution in [1.82, 2.24) is 10.2 Å². The van der Waals surface area contributed by atoms with Crippen molar-refractivity contribution < 1.29 is 9.53 Å². The number of rotatable bonds is 5. The number of hydrogen-bond acceptors (Lipinski definition) is 5. The molecule has 0 radical (unpaired) electrons. The molecule has 2 N–H and O–H groups in total. The van der Waals surface area contributed by atoms with Crippen molar-refractivity contribution in [3.05, 3.63) is 24.3 Å². The number of morpholine rings is 1. The molecule has 1 aromatic rings. The van der Waals surface area contributed by atoms with Crippen molar-refractivity contribution >= 4 is 35.2 Å². The lowest BCUT2D eigenvalue weighted by Crippen LogP contribution is -2.59. The number of nitrogens with zero attached hydrogens (tertiary/aromatic N) is 1. The average Bonchev–Trinajstić information content (AvgIpc) is 3.11. The molecule has 1 unspecified atom stereocenters. The number of carbonyl (C=O) groups excluding carboxylic acids is 1. The molecular formula is C17H25N3O2S2. The van der Waals surface area contributed by atoms with Gasteiger partial charge in [0.25, 0.3) is 0 Å². The maximum atomic E-state index is 12.3. The second-order valence-electron chi connectivity index (χ2n) is 6.17. The van der Waals surface area contributed by atoms with Crippen molar-refractivity contribution in [2.45, 2.75) is 16.9 Å². The maximum Gasteiger partial charge on any atom is 0.319 e. The number of benzene rings is 1. The molecule has 5 nitrogen and oxygen atoms in total. The van der Waals surface area contributed by atoms with E-state index in [4.69, 9.17) is 4.74 Å². The van der Waals surface area contributed by atoms with Gasteiger partial charge in [-0.05, 0) is 36.6 Å². The van der Waals surface area contributed by atoms with E-state index in [-0.39, 0.29) is 11.6 Å². The third-order valence-corrected chi connectivity index (χ3v) is 6.63. The van der Waals surface area contributed by atoms with Gasteiger partial charge in [0.1, 0.15) is 0 Å². The minimum absolute atomic E-state index is 0.0763. The first-order chi connectivity index (χ1) is 11.7. The van der Waals surface area contributed by atoms with E-state index in [2.05, 4.69) is 15.5 Å². The van der Waals surface area contributed by atoms with Gasteiger partial charge in [0.05, 0.1) is 13.2 Å². The summed E-state index contributed by atoms with van der Waals surface area (Å²) in [5.74, 6) is 2.24. The Morgan fingerprint density at radius 2 is 2.25 bits per heavy atom. The monoisotopic (exact) mass is 367 g/mol. The summed E-state index contributed by atoms with van der Waals surface area (Å²) in [5, 5.41) is 6.04. The number of nitrogens with one attached hydrogen (secondary N) is 2. The largest absolute Gasteiger partial charge is 0.379 e. The van der Waals surface area contributed by atoms with Gasteiger partial charge in [-0.15, -0.1) is 11.8 Å². The lowest BCUT2D eigenvalue weighted by atomic mass is 9.95. The summed E-state index contributed by atoms with van der Waals surface area (Å²) < 4.78 is 5.48. The fourth-order valence-electron chi connectivity index (χ4n) is 3.26. The molecule has 0 bridgehead atoms. The van der Waals surface area contributed by atoms with Crippen LogP contribution in [0.25, 0.3) is 0 Å². The van der Waals surface area contributed by atoms with Crippen molar-refractivity contribution in [3.8, 4) is 0 Å². The molecule has 2 fully saturated rings. The Balaban J connectivity index is 1.57. The quantitative estimate of drug-likeness (QED) is 0.784. The maximum absolute atomic E-state index is 12.3. The molecule has 1 atom stereocenters. The third kappa shape index (κ3) is 4.39. The number of amides is 2. The van der Waals surface area contributed by atoms with Crippen molar-refractivity contribution in [1.29, 1.82) is 0 Å². The number of ether oxygens (including phenoxy) is 1. The SMILES string of the molecule is CSc1cccc(NC(=O)NCC2(N3CCOCC3)CCSC2)c1. The fourth-order valence-corrected chi connectivity index (χ4v) is 5.19. The highest BCUT2D eigenvalue weighted by Crippen LogP contribution is 2.33. The standard InChI is InChI=1S/C17H25N3O2S2/c1-23-15-4-2-3-14(11-15)19-16(21)18-12-17(5-10-24-13-17)20-6-8-22-9-7-20/h2-4,11H,5-10,12-13H2,1H3,(H2,18,19,21). The van der Waals surface area contributed by atoms with Gasteiger partial charge in [-0.3, -0.25) is 4.90 Å². The van der Waals surface area contributed by atoms with E-state index in [1.165, 1.54) is 0 Å². The molecule has 132 valence electrons. The Kier molecular flexibility index (Phi) is 6.32. The molecule has 0 aromatic heterocycles. The second kappa shape index (κ2) is 8.47. The van der Waals surface area contributed by atoms with Gasteiger partial charge < -0.3 is 15.4 Å². The Morgan fingerprint density at radius 3 is 2.96 bits per heavy atom. The summed E-state index contributed by atoms with van der Waals surface area (Å²) in [7, 11) is 0. The highest BCUT2D eigenvalue weighted by molar-refractivity contribution is 7.99. The van der Waals surface area contributed by atoms with Crippen molar-refractivity contribution in [2.75, 3.05) is 55.9 Å². The van der Waals surface area contributed by atoms with E-state index in [0.29, 0.717) is 6.54 Å². The third-order valence-electron chi connectivity index (χ3n) is 4.67. The van der Waals surface area contributed by atoms with Crippen molar-refractivity contribution in [2.24, 2.45) is 0 Å². The molecule has 0 saturated carbocycles. The fraction of sp³-hybridized carbons (Fsp3) is 0.588. The van der Waals surface area contributed by atoms with Gasteiger partial charge in [0.15, 0.2) is 0 Å². The molecule has 2 aliphatic rings. The highest BCUT2D eigenvalue weighted by Gasteiger charge is 2.40.